The van der Waals surface area contributed by atoms with Gasteiger partial charge in [-0.15, -0.1) is 0 Å². The number of carbonyl (C=O) groups is 1. The van der Waals surface area contributed by atoms with Crippen molar-refractivity contribution >= 4 is 18.5 Å². The van der Waals surface area contributed by atoms with Gasteiger partial charge in [-0.05, 0) is 26.9 Å². The Kier molecular flexibility index (Phi) is 6.20. The molecule has 3 nitrogen and oxygen atoms in total. The summed E-state index contributed by atoms with van der Waals surface area (Å²) in [7, 11) is 3.99. The molecule has 0 rings (SSSR count). The third kappa shape index (κ3) is 4.86. The molecule has 0 aromatic carbocycles. The van der Waals surface area contributed by atoms with Gasteiger partial charge in [0.05, 0.1) is 5.25 Å². The average molecular weight is 218 g/mol. The van der Waals surface area contributed by atoms with Gasteiger partial charge >= 0.3 is 0 Å². The zero-order chi connectivity index (χ0) is 11.3. The van der Waals surface area contributed by atoms with Crippen molar-refractivity contribution in [2.45, 2.75) is 32.1 Å². The van der Waals surface area contributed by atoms with Crippen LogP contribution in [-0.2, 0) is 4.79 Å². The van der Waals surface area contributed by atoms with Gasteiger partial charge in [-0.1, -0.05) is 13.8 Å². The third-order valence-electron chi connectivity index (χ3n) is 2.35. The van der Waals surface area contributed by atoms with Gasteiger partial charge in [0.1, 0.15) is 0 Å². The monoisotopic (exact) mass is 218 g/mol. The lowest BCUT2D eigenvalue weighted by Gasteiger charge is -2.21. The number of hydrogen-bond acceptors (Lipinski definition) is 3. The summed E-state index contributed by atoms with van der Waals surface area (Å²) >= 11 is 4.25. The Balaban J connectivity index is 3.85. The molecule has 0 saturated carbocycles. The highest BCUT2D eigenvalue weighted by atomic mass is 32.1. The van der Waals surface area contributed by atoms with Crippen molar-refractivity contribution in [3.05, 3.63) is 0 Å². The first kappa shape index (κ1) is 13.8. The summed E-state index contributed by atoms with van der Waals surface area (Å²) in [5, 5.41) is 2.68. The topological polar surface area (TPSA) is 32.3 Å². The minimum atomic E-state index is -0.204. The highest BCUT2D eigenvalue weighted by Crippen LogP contribution is 2.08. The average Bonchev–Trinajstić information content (AvgIpc) is 2.11. The molecular formula is C10H22N2OS. The Bertz CT molecular complexity index is 183. The van der Waals surface area contributed by atoms with E-state index < -0.39 is 0 Å². The quantitative estimate of drug-likeness (QED) is 0.675. The Morgan fingerprint density at radius 2 is 1.86 bits per heavy atom. The molecule has 0 aromatic rings. The number of thiol groups is 1. The number of rotatable bonds is 5. The third-order valence-corrected chi connectivity index (χ3v) is 3.18. The first-order chi connectivity index (χ1) is 6.36. The minimum Gasteiger partial charge on any atom is -0.354 e. The zero-order valence-electron chi connectivity index (χ0n) is 9.74. The van der Waals surface area contributed by atoms with E-state index in [9.17, 15) is 4.79 Å². The summed E-state index contributed by atoms with van der Waals surface area (Å²) in [6, 6.07) is 0.353. The Labute approximate surface area is 92.7 Å². The maximum Gasteiger partial charge on any atom is 0.233 e. The van der Waals surface area contributed by atoms with Crippen LogP contribution in [0.5, 0.6) is 0 Å². The van der Waals surface area contributed by atoms with E-state index in [1.165, 1.54) is 0 Å². The normalized spacial score (nSPS) is 15.7. The lowest BCUT2D eigenvalue weighted by molar-refractivity contribution is -0.121. The molecule has 2 unspecified atom stereocenters. The Morgan fingerprint density at radius 1 is 1.36 bits per heavy atom. The maximum atomic E-state index is 11.5. The Morgan fingerprint density at radius 3 is 2.21 bits per heavy atom. The molecule has 0 heterocycles. The molecule has 1 amide bonds. The lowest BCUT2D eigenvalue weighted by Crippen LogP contribution is -2.42. The zero-order valence-corrected chi connectivity index (χ0v) is 10.6. The van der Waals surface area contributed by atoms with Crippen molar-refractivity contribution in [1.82, 2.24) is 10.2 Å². The van der Waals surface area contributed by atoms with Crippen LogP contribution in [0.2, 0.25) is 0 Å². The van der Waals surface area contributed by atoms with Gasteiger partial charge in [-0.3, -0.25) is 4.79 Å². The minimum absolute atomic E-state index is 0.0250. The van der Waals surface area contributed by atoms with Crippen LogP contribution >= 0.6 is 12.6 Å². The second-order valence-electron chi connectivity index (χ2n) is 4.25. The van der Waals surface area contributed by atoms with Crippen LogP contribution in [0.15, 0.2) is 0 Å². The molecule has 1 N–H and O–H groups in total. The van der Waals surface area contributed by atoms with Gasteiger partial charge in [0.2, 0.25) is 5.91 Å². The van der Waals surface area contributed by atoms with E-state index in [2.05, 4.69) is 29.8 Å². The van der Waals surface area contributed by atoms with Gasteiger partial charge in [0.25, 0.3) is 0 Å². The second-order valence-corrected chi connectivity index (χ2v) is 4.80. The van der Waals surface area contributed by atoms with E-state index >= 15 is 0 Å². The van der Waals surface area contributed by atoms with Crippen LogP contribution in [0.3, 0.4) is 0 Å². The number of amides is 1. The van der Waals surface area contributed by atoms with Crippen molar-refractivity contribution in [2.75, 3.05) is 20.6 Å². The molecule has 0 aliphatic carbocycles. The maximum absolute atomic E-state index is 11.5. The summed E-state index contributed by atoms with van der Waals surface area (Å²) in [5.74, 6) is 0.296. The molecule has 84 valence electrons. The molecule has 0 aliphatic heterocycles. The summed E-state index contributed by atoms with van der Waals surface area (Å²) in [5.41, 5.74) is 0. The van der Waals surface area contributed by atoms with E-state index in [4.69, 9.17) is 0 Å². The molecular weight excluding hydrogens is 196 g/mol. The van der Waals surface area contributed by atoms with Gasteiger partial charge in [-0.2, -0.15) is 12.6 Å². The molecule has 0 fully saturated rings. The standard InChI is InChI=1S/C10H22N2OS/c1-7(2)9(14)10(13)11-6-8(3)12(4)5/h7-9,14H,6H2,1-5H3,(H,11,13). The van der Waals surface area contributed by atoms with Gasteiger partial charge in [-0.25, -0.2) is 0 Å². The molecule has 0 spiro atoms. The van der Waals surface area contributed by atoms with Crippen LogP contribution in [0.1, 0.15) is 20.8 Å². The van der Waals surface area contributed by atoms with Crippen molar-refractivity contribution in [3.63, 3.8) is 0 Å². The summed E-state index contributed by atoms with van der Waals surface area (Å²) in [6.45, 7) is 6.73. The van der Waals surface area contributed by atoms with Gasteiger partial charge < -0.3 is 10.2 Å². The van der Waals surface area contributed by atoms with Gasteiger partial charge in [0.15, 0.2) is 0 Å². The van der Waals surface area contributed by atoms with E-state index in [-0.39, 0.29) is 17.1 Å². The number of nitrogens with one attached hydrogen (secondary N) is 1. The van der Waals surface area contributed by atoms with Crippen LogP contribution in [0, 0.1) is 5.92 Å². The highest BCUT2D eigenvalue weighted by molar-refractivity contribution is 7.81. The van der Waals surface area contributed by atoms with Crippen molar-refractivity contribution in [2.24, 2.45) is 5.92 Å². The van der Waals surface area contributed by atoms with Crippen molar-refractivity contribution in [3.8, 4) is 0 Å². The molecule has 0 radical (unpaired) electrons. The number of likely N-dealkylation sites (N-methyl/N-ethyl adjacent to an activating group) is 1. The Hall–Kier alpha value is -0.220. The summed E-state index contributed by atoms with van der Waals surface area (Å²) in [4.78, 5) is 13.6. The fraction of sp³-hybridized carbons (Fsp3) is 0.900. The van der Waals surface area contributed by atoms with Crippen LogP contribution in [0.25, 0.3) is 0 Å². The van der Waals surface area contributed by atoms with Crippen LogP contribution in [-0.4, -0.2) is 42.7 Å². The predicted molar refractivity (Wildman–Crippen MR) is 63.8 cm³/mol. The van der Waals surface area contributed by atoms with E-state index in [1.807, 2.05) is 27.9 Å². The molecule has 2 atom stereocenters. The van der Waals surface area contributed by atoms with Crippen molar-refractivity contribution in [1.29, 1.82) is 0 Å². The molecule has 14 heavy (non-hydrogen) atoms. The molecule has 0 aromatic heterocycles. The summed E-state index contributed by atoms with van der Waals surface area (Å²) in [6.07, 6.45) is 0. The first-order valence-electron chi connectivity index (χ1n) is 4.98. The van der Waals surface area contributed by atoms with E-state index in [0.29, 0.717) is 12.6 Å². The number of hydrogen-bond donors (Lipinski definition) is 2. The van der Waals surface area contributed by atoms with Crippen molar-refractivity contribution < 1.29 is 4.79 Å². The largest absolute Gasteiger partial charge is 0.354 e. The second kappa shape index (κ2) is 6.30. The highest BCUT2D eigenvalue weighted by Gasteiger charge is 2.17. The fourth-order valence-electron chi connectivity index (χ4n) is 0.838. The molecule has 0 bridgehead atoms. The van der Waals surface area contributed by atoms with E-state index in [0.717, 1.165) is 0 Å². The molecule has 0 aliphatic rings. The molecule has 0 saturated heterocycles. The predicted octanol–water partition coefficient (Wildman–Crippen LogP) is 1.01. The van der Waals surface area contributed by atoms with Gasteiger partial charge in [0, 0.05) is 12.6 Å². The van der Waals surface area contributed by atoms with Crippen LogP contribution < -0.4 is 5.32 Å². The first-order valence-corrected chi connectivity index (χ1v) is 5.50. The SMILES string of the molecule is CC(C)C(S)C(=O)NCC(C)N(C)C. The smallest absolute Gasteiger partial charge is 0.233 e. The van der Waals surface area contributed by atoms with Crippen LogP contribution in [0.4, 0.5) is 0 Å². The fourth-order valence-corrected chi connectivity index (χ4v) is 0.929. The van der Waals surface area contributed by atoms with E-state index in [1.54, 1.807) is 0 Å². The lowest BCUT2D eigenvalue weighted by atomic mass is 10.1. The summed E-state index contributed by atoms with van der Waals surface area (Å²) < 4.78 is 0. The number of nitrogens with zero attached hydrogens (tertiary/aromatic N) is 1. The number of carbonyl (C=O) groups excluding carboxylic acids is 1. The molecule has 4 heteroatoms.